The molecule has 1 saturated carbocycles. The summed E-state index contributed by atoms with van der Waals surface area (Å²) >= 11 is 0. The van der Waals surface area contributed by atoms with Gasteiger partial charge in [-0.3, -0.25) is 9.78 Å². The number of hydrogen-bond acceptors (Lipinski definition) is 3. The summed E-state index contributed by atoms with van der Waals surface area (Å²) in [5.41, 5.74) is 0.777. The molecule has 0 saturated heterocycles. The number of nitrogens with zero attached hydrogens (tertiary/aromatic N) is 1. The van der Waals surface area contributed by atoms with Gasteiger partial charge in [0.15, 0.2) is 0 Å². The van der Waals surface area contributed by atoms with E-state index in [1.54, 1.807) is 12.1 Å². The lowest BCUT2D eigenvalue weighted by molar-refractivity contribution is -0.131. The molecule has 0 aromatic carbocycles. The smallest absolute Gasteiger partial charge is 0.328 e. The van der Waals surface area contributed by atoms with Gasteiger partial charge < -0.3 is 10.4 Å². The molecule has 1 aromatic rings. The average Bonchev–Trinajstić information content (AvgIpc) is 2.98. The molecule has 1 amide bonds. The van der Waals surface area contributed by atoms with Gasteiger partial charge in [0.2, 0.25) is 0 Å². The molecule has 0 spiro atoms. The first-order chi connectivity index (χ1) is 10.2. The summed E-state index contributed by atoms with van der Waals surface area (Å²) < 4.78 is 0. The molecule has 0 bridgehead atoms. The van der Waals surface area contributed by atoms with Crippen molar-refractivity contribution in [2.45, 2.75) is 32.1 Å². The largest absolute Gasteiger partial charge is 0.478 e. The third kappa shape index (κ3) is 4.70. The summed E-state index contributed by atoms with van der Waals surface area (Å²) in [6, 6.07) is 3.36. The van der Waals surface area contributed by atoms with Crippen molar-refractivity contribution in [2.75, 3.05) is 6.54 Å². The Bertz CT molecular complexity index is 534. The Balaban J connectivity index is 1.93. The molecule has 5 nitrogen and oxygen atoms in total. The van der Waals surface area contributed by atoms with E-state index < -0.39 is 5.97 Å². The van der Waals surface area contributed by atoms with Crippen LogP contribution in [-0.4, -0.2) is 28.5 Å². The van der Waals surface area contributed by atoms with Gasteiger partial charge in [-0.15, -0.1) is 0 Å². The molecule has 0 radical (unpaired) electrons. The number of amides is 1. The molecule has 1 aromatic heterocycles. The zero-order chi connectivity index (χ0) is 15.1. The fraction of sp³-hybridized carbons (Fsp3) is 0.438. The number of rotatable bonds is 6. The maximum absolute atomic E-state index is 12.1. The van der Waals surface area contributed by atoms with Crippen LogP contribution in [0.1, 0.15) is 48.2 Å². The van der Waals surface area contributed by atoms with Crippen LogP contribution in [0, 0.1) is 5.92 Å². The highest BCUT2D eigenvalue weighted by atomic mass is 16.4. The number of carbonyl (C=O) groups is 2. The van der Waals surface area contributed by atoms with E-state index in [1.165, 1.54) is 38.0 Å². The van der Waals surface area contributed by atoms with Crippen molar-refractivity contribution in [1.82, 2.24) is 10.3 Å². The zero-order valence-electron chi connectivity index (χ0n) is 11.9. The van der Waals surface area contributed by atoms with Crippen LogP contribution in [0.3, 0.4) is 0 Å². The van der Waals surface area contributed by atoms with Gasteiger partial charge in [-0.25, -0.2) is 4.79 Å². The molecule has 5 heteroatoms. The summed E-state index contributed by atoms with van der Waals surface area (Å²) in [6.45, 7) is 0.641. The van der Waals surface area contributed by atoms with Gasteiger partial charge in [-0.1, -0.05) is 31.7 Å². The quantitative estimate of drug-likeness (QED) is 0.788. The van der Waals surface area contributed by atoms with Crippen molar-refractivity contribution in [1.29, 1.82) is 0 Å². The number of hydrogen-bond donors (Lipinski definition) is 2. The van der Waals surface area contributed by atoms with E-state index in [-0.39, 0.29) is 11.6 Å². The van der Waals surface area contributed by atoms with E-state index in [2.05, 4.69) is 10.3 Å². The van der Waals surface area contributed by atoms with Crippen LogP contribution in [0.4, 0.5) is 0 Å². The average molecular weight is 288 g/mol. The van der Waals surface area contributed by atoms with Gasteiger partial charge in [-0.05, 0) is 24.5 Å². The second-order valence-electron chi connectivity index (χ2n) is 5.31. The van der Waals surface area contributed by atoms with Crippen LogP contribution in [0.15, 0.2) is 24.4 Å². The van der Waals surface area contributed by atoms with Crippen molar-refractivity contribution >= 4 is 18.0 Å². The number of aliphatic carboxylic acids is 1. The maximum atomic E-state index is 12.1. The predicted molar refractivity (Wildman–Crippen MR) is 79.8 cm³/mol. The Morgan fingerprint density at radius 3 is 2.86 bits per heavy atom. The molecule has 0 unspecified atom stereocenters. The molecule has 21 heavy (non-hydrogen) atoms. The van der Waals surface area contributed by atoms with E-state index in [9.17, 15) is 9.59 Å². The Labute approximate surface area is 124 Å². The number of carboxylic acids is 1. The summed E-state index contributed by atoms with van der Waals surface area (Å²) in [7, 11) is 0. The van der Waals surface area contributed by atoms with Crippen LogP contribution in [0.5, 0.6) is 0 Å². The maximum Gasteiger partial charge on any atom is 0.328 e. The van der Waals surface area contributed by atoms with Gasteiger partial charge in [-0.2, -0.15) is 0 Å². The van der Waals surface area contributed by atoms with Crippen LogP contribution in [0.2, 0.25) is 0 Å². The van der Waals surface area contributed by atoms with Crippen LogP contribution >= 0.6 is 0 Å². The summed E-state index contributed by atoms with van der Waals surface area (Å²) in [5, 5.41) is 11.5. The topological polar surface area (TPSA) is 79.3 Å². The molecule has 1 fully saturated rings. The van der Waals surface area contributed by atoms with E-state index in [0.717, 1.165) is 18.4 Å². The predicted octanol–water partition coefficient (Wildman–Crippen LogP) is 2.49. The monoisotopic (exact) mass is 288 g/mol. The van der Waals surface area contributed by atoms with Gasteiger partial charge in [0.25, 0.3) is 5.91 Å². The van der Waals surface area contributed by atoms with Gasteiger partial charge >= 0.3 is 5.97 Å². The SMILES string of the molecule is O=C(O)/C=C/c1cccnc1C(=O)NCCC1CCCC1. The van der Waals surface area contributed by atoms with Crippen molar-refractivity contribution in [3.63, 3.8) is 0 Å². The number of pyridine rings is 1. The molecule has 0 atom stereocenters. The van der Waals surface area contributed by atoms with Crippen LogP contribution < -0.4 is 5.32 Å². The lowest BCUT2D eigenvalue weighted by atomic mass is 10.0. The fourth-order valence-electron chi connectivity index (χ4n) is 2.68. The minimum Gasteiger partial charge on any atom is -0.478 e. The third-order valence-electron chi connectivity index (χ3n) is 3.77. The van der Waals surface area contributed by atoms with Crippen LogP contribution in [-0.2, 0) is 4.79 Å². The molecule has 2 rings (SSSR count). The first kappa shape index (κ1) is 15.2. The fourth-order valence-corrected chi connectivity index (χ4v) is 2.68. The molecule has 2 N–H and O–H groups in total. The van der Waals surface area contributed by atoms with Crippen molar-refractivity contribution in [3.8, 4) is 0 Å². The van der Waals surface area contributed by atoms with E-state index >= 15 is 0 Å². The molecule has 112 valence electrons. The van der Waals surface area contributed by atoms with Gasteiger partial charge in [0, 0.05) is 24.4 Å². The van der Waals surface area contributed by atoms with Crippen LogP contribution in [0.25, 0.3) is 6.08 Å². The summed E-state index contributed by atoms with van der Waals surface area (Å²) in [6.07, 6.45) is 10.0. The normalized spacial score (nSPS) is 15.4. The second kappa shape index (κ2) is 7.57. The zero-order valence-corrected chi connectivity index (χ0v) is 11.9. The first-order valence-electron chi connectivity index (χ1n) is 7.31. The van der Waals surface area contributed by atoms with Crippen molar-refractivity contribution in [2.24, 2.45) is 5.92 Å². The molecular weight excluding hydrogens is 268 g/mol. The van der Waals surface area contributed by atoms with Gasteiger partial charge in [0.05, 0.1) is 0 Å². The third-order valence-corrected chi connectivity index (χ3v) is 3.77. The Morgan fingerprint density at radius 2 is 2.14 bits per heavy atom. The standard InChI is InChI=1S/C16H20N2O3/c19-14(20)8-7-13-6-3-10-17-15(13)16(21)18-11-9-12-4-1-2-5-12/h3,6-8,10,12H,1-2,4-5,9,11H2,(H,18,21)(H,19,20)/b8-7+. The minimum atomic E-state index is -1.05. The van der Waals surface area contributed by atoms with Gasteiger partial charge in [0.1, 0.15) is 5.69 Å². The Kier molecular flexibility index (Phi) is 5.49. The molecular formula is C16H20N2O3. The molecule has 1 aliphatic carbocycles. The van der Waals surface area contributed by atoms with E-state index in [4.69, 9.17) is 5.11 Å². The summed E-state index contributed by atoms with van der Waals surface area (Å²) in [4.78, 5) is 26.7. The Morgan fingerprint density at radius 1 is 1.38 bits per heavy atom. The highest BCUT2D eigenvalue weighted by molar-refractivity contribution is 5.97. The van der Waals surface area contributed by atoms with Crippen molar-refractivity contribution in [3.05, 3.63) is 35.7 Å². The highest BCUT2D eigenvalue weighted by Gasteiger charge is 2.16. The minimum absolute atomic E-state index is 0.251. The molecule has 1 heterocycles. The number of nitrogens with one attached hydrogen (secondary N) is 1. The lowest BCUT2D eigenvalue weighted by Crippen LogP contribution is -2.27. The van der Waals surface area contributed by atoms with E-state index in [1.807, 2.05) is 0 Å². The number of carbonyl (C=O) groups excluding carboxylic acids is 1. The summed E-state index contributed by atoms with van der Waals surface area (Å²) in [5.74, 6) is -0.578. The Hall–Kier alpha value is -2.17. The van der Waals surface area contributed by atoms with E-state index in [0.29, 0.717) is 12.1 Å². The van der Waals surface area contributed by atoms with Crippen molar-refractivity contribution < 1.29 is 14.7 Å². The highest BCUT2D eigenvalue weighted by Crippen LogP contribution is 2.26. The second-order valence-corrected chi connectivity index (χ2v) is 5.31. The number of aromatic nitrogens is 1. The first-order valence-corrected chi connectivity index (χ1v) is 7.31. The molecule has 0 aliphatic heterocycles. The number of carboxylic acid groups (broad SMARTS) is 1. The lowest BCUT2D eigenvalue weighted by Gasteiger charge is -2.10. The molecule has 1 aliphatic rings.